The molecule has 0 spiro atoms. The van der Waals surface area contributed by atoms with Gasteiger partial charge >= 0.3 is 0 Å². The number of hydrogen-bond donors (Lipinski definition) is 2. The van der Waals surface area contributed by atoms with E-state index >= 15 is 0 Å². The van der Waals surface area contributed by atoms with Gasteiger partial charge in [0.2, 0.25) is 0 Å². The summed E-state index contributed by atoms with van der Waals surface area (Å²) in [7, 11) is 0. The van der Waals surface area contributed by atoms with Gasteiger partial charge in [-0.2, -0.15) is 0 Å². The third kappa shape index (κ3) is 2.73. The maximum atomic E-state index is 9.71. The fourth-order valence-electron chi connectivity index (χ4n) is 2.83. The van der Waals surface area contributed by atoms with Crippen LogP contribution in [-0.4, -0.2) is 23.3 Å². The van der Waals surface area contributed by atoms with E-state index in [2.05, 4.69) is 33.0 Å². The van der Waals surface area contributed by atoms with Crippen LogP contribution in [0.15, 0.2) is 0 Å². The van der Waals surface area contributed by atoms with E-state index in [0.29, 0.717) is 12.0 Å². The predicted octanol–water partition coefficient (Wildman–Crippen LogP) is 2.56. The van der Waals surface area contributed by atoms with Crippen LogP contribution in [0.4, 0.5) is 0 Å². The van der Waals surface area contributed by atoms with Crippen molar-refractivity contribution in [2.24, 2.45) is 11.8 Å². The van der Waals surface area contributed by atoms with Crippen molar-refractivity contribution in [3.63, 3.8) is 0 Å². The van der Waals surface area contributed by atoms with Crippen LogP contribution in [0.1, 0.15) is 53.4 Å². The summed E-state index contributed by atoms with van der Waals surface area (Å²) in [5.74, 6) is 1.30. The maximum Gasteiger partial charge on any atom is 0.0616 e. The number of nitrogens with one attached hydrogen (secondary N) is 1. The Kier molecular flexibility index (Phi) is 4.60. The Balaban J connectivity index is 2.72. The Morgan fingerprint density at radius 2 is 2.13 bits per heavy atom. The quantitative estimate of drug-likeness (QED) is 0.752. The van der Waals surface area contributed by atoms with Crippen LogP contribution in [0.25, 0.3) is 0 Å². The summed E-state index contributed by atoms with van der Waals surface area (Å²) in [6.07, 6.45) is 4.81. The fraction of sp³-hybridized carbons (Fsp3) is 1.00. The van der Waals surface area contributed by atoms with Gasteiger partial charge < -0.3 is 10.4 Å². The zero-order valence-electron chi connectivity index (χ0n) is 10.7. The van der Waals surface area contributed by atoms with Crippen LogP contribution in [0.2, 0.25) is 0 Å². The molecule has 2 N–H and O–H groups in total. The topological polar surface area (TPSA) is 32.3 Å². The highest BCUT2D eigenvalue weighted by Gasteiger charge is 2.41. The second kappa shape index (κ2) is 5.31. The van der Waals surface area contributed by atoms with Gasteiger partial charge in [0, 0.05) is 11.6 Å². The Labute approximate surface area is 94.5 Å². The van der Waals surface area contributed by atoms with Gasteiger partial charge in [-0.25, -0.2) is 0 Å². The molecule has 1 saturated carbocycles. The Hall–Kier alpha value is -0.0800. The summed E-state index contributed by atoms with van der Waals surface area (Å²) < 4.78 is 0. The largest absolute Gasteiger partial charge is 0.394 e. The molecule has 1 aliphatic carbocycles. The maximum absolute atomic E-state index is 9.71. The monoisotopic (exact) mass is 213 g/mol. The first-order valence-corrected chi connectivity index (χ1v) is 6.44. The lowest BCUT2D eigenvalue weighted by atomic mass is 9.68. The normalized spacial score (nSPS) is 39.0. The van der Waals surface area contributed by atoms with Crippen molar-refractivity contribution in [1.29, 1.82) is 0 Å². The van der Waals surface area contributed by atoms with Crippen molar-refractivity contribution in [2.45, 2.75) is 65.0 Å². The van der Waals surface area contributed by atoms with Crippen LogP contribution in [0.3, 0.4) is 0 Å². The molecule has 0 aromatic heterocycles. The third-order valence-corrected chi connectivity index (χ3v) is 4.44. The van der Waals surface area contributed by atoms with Crippen LogP contribution >= 0.6 is 0 Å². The van der Waals surface area contributed by atoms with E-state index in [-0.39, 0.29) is 12.1 Å². The van der Waals surface area contributed by atoms with Crippen molar-refractivity contribution < 1.29 is 5.11 Å². The van der Waals surface area contributed by atoms with Gasteiger partial charge in [-0.15, -0.1) is 0 Å². The number of aliphatic hydroxyl groups excluding tert-OH is 1. The van der Waals surface area contributed by atoms with Gasteiger partial charge in [0.25, 0.3) is 0 Å². The van der Waals surface area contributed by atoms with Crippen LogP contribution in [0, 0.1) is 11.8 Å². The van der Waals surface area contributed by atoms with E-state index in [1.807, 2.05) is 0 Å². The first-order valence-electron chi connectivity index (χ1n) is 6.44. The predicted molar refractivity (Wildman–Crippen MR) is 64.9 cm³/mol. The standard InChI is InChI=1S/C13H27NO/c1-5-11(3)14-13(9-15)8-6-7-10(2)12(13)4/h10-12,14-15H,5-9H2,1-4H3. The first-order chi connectivity index (χ1) is 7.05. The molecule has 2 heteroatoms. The van der Waals surface area contributed by atoms with Crippen molar-refractivity contribution in [3.8, 4) is 0 Å². The van der Waals surface area contributed by atoms with Gasteiger partial charge in [0.1, 0.15) is 0 Å². The average molecular weight is 213 g/mol. The highest BCUT2D eigenvalue weighted by molar-refractivity contribution is 4.98. The molecule has 0 aromatic rings. The minimum Gasteiger partial charge on any atom is -0.394 e. The first kappa shape index (κ1) is 13.0. The zero-order chi connectivity index (χ0) is 11.5. The van der Waals surface area contributed by atoms with E-state index in [9.17, 15) is 5.11 Å². The number of rotatable bonds is 4. The molecule has 1 rings (SSSR count). The zero-order valence-corrected chi connectivity index (χ0v) is 10.7. The molecule has 0 saturated heterocycles. The molecule has 4 atom stereocenters. The van der Waals surface area contributed by atoms with Crippen LogP contribution in [0.5, 0.6) is 0 Å². The molecule has 1 aliphatic rings. The average Bonchev–Trinajstić information content (AvgIpc) is 2.24. The lowest BCUT2D eigenvalue weighted by Gasteiger charge is -2.47. The minimum absolute atomic E-state index is 0.0207. The highest BCUT2D eigenvalue weighted by Crippen LogP contribution is 2.37. The van der Waals surface area contributed by atoms with Crippen LogP contribution in [-0.2, 0) is 0 Å². The summed E-state index contributed by atoms with van der Waals surface area (Å²) in [4.78, 5) is 0. The Morgan fingerprint density at radius 1 is 1.47 bits per heavy atom. The van der Waals surface area contributed by atoms with Crippen molar-refractivity contribution in [2.75, 3.05) is 6.61 Å². The Bertz CT molecular complexity index is 195. The molecule has 2 nitrogen and oxygen atoms in total. The minimum atomic E-state index is -0.0207. The molecule has 0 amide bonds. The van der Waals surface area contributed by atoms with Gasteiger partial charge in [0.05, 0.1) is 6.61 Å². The molecule has 1 fully saturated rings. The summed E-state index contributed by atoms with van der Waals surface area (Å²) >= 11 is 0. The van der Waals surface area contributed by atoms with Gasteiger partial charge in [-0.3, -0.25) is 0 Å². The molecular weight excluding hydrogens is 186 g/mol. The Morgan fingerprint density at radius 3 is 2.67 bits per heavy atom. The lowest BCUT2D eigenvalue weighted by molar-refractivity contribution is 0.0370. The third-order valence-electron chi connectivity index (χ3n) is 4.44. The van der Waals surface area contributed by atoms with E-state index in [1.54, 1.807) is 0 Å². The molecule has 90 valence electrons. The summed E-state index contributed by atoms with van der Waals surface area (Å²) in [6, 6.07) is 0.505. The van der Waals surface area contributed by atoms with Crippen molar-refractivity contribution in [1.82, 2.24) is 5.32 Å². The molecular formula is C13H27NO. The number of aliphatic hydroxyl groups is 1. The van der Waals surface area contributed by atoms with Crippen LogP contribution < -0.4 is 5.32 Å². The highest BCUT2D eigenvalue weighted by atomic mass is 16.3. The number of hydrogen-bond acceptors (Lipinski definition) is 2. The second-order valence-electron chi connectivity index (χ2n) is 5.43. The lowest BCUT2D eigenvalue weighted by Crippen LogP contribution is -2.59. The van der Waals surface area contributed by atoms with E-state index < -0.39 is 0 Å². The molecule has 0 bridgehead atoms. The molecule has 15 heavy (non-hydrogen) atoms. The molecule has 0 radical (unpaired) electrons. The summed E-state index contributed by atoms with van der Waals surface area (Å²) in [5, 5.41) is 13.4. The SMILES string of the molecule is CCC(C)NC1(CO)CCCC(C)C1C. The summed E-state index contributed by atoms with van der Waals surface area (Å²) in [6.45, 7) is 9.29. The fourth-order valence-corrected chi connectivity index (χ4v) is 2.83. The smallest absolute Gasteiger partial charge is 0.0616 e. The molecule has 0 heterocycles. The molecule has 4 unspecified atom stereocenters. The van der Waals surface area contributed by atoms with Crippen molar-refractivity contribution in [3.05, 3.63) is 0 Å². The van der Waals surface area contributed by atoms with Gasteiger partial charge in [-0.05, 0) is 31.6 Å². The van der Waals surface area contributed by atoms with Crippen molar-refractivity contribution >= 4 is 0 Å². The molecule has 0 aliphatic heterocycles. The summed E-state index contributed by atoms with van der Waals surface area (Å²) in [5.41, 5.74) is -0.0207. The van der Waals surface area contributed by atoms with E-state index in [0.717, 1.165) is 18.8 Å². The van der Waals surface area contributed by atoms with E-state index in [1.165, 1.54) is 12.8 Å². The van der Waals surface area contributed by atoms with Gasteiger partial charge in [0.15, 0.2) is 0 Å². The van der Waals surface area contributed by atoms with E-state index in [4.69, 9.17) is 0 Å². The van der Waals surface area contributed by atoms with Gasteiger partial charge in [-0.1, -0.05) is 33.6 Å². The molecule has 0 aromatic carbocycles. The second-order valence-corrected chi connectivity index (χ2v) is 5.43.